The van der Waals surface area contributed by atoms with Crippen molar-refractivity contribution in [3.63, 3.8) is 0 Å². The largest absolute Gasteiger partial charge is 0.453 e. The number of carbonyl (C=O) groups is 1. The number of hydrogen-bond donors (Lipinski definition) is 0. The second-order valence-electron chi connectivity index (χ2n) is 4.72. The van der Waals surface area contributed by atoms with Crippen LogP contribution >= 0.6 is 0 Å². The standard InChI is InChI=1S/C11H9F3N4O/c1-5-2-7-6(8(19)3-5)4-18-10(15-7)16-9(17-18)11(12,13)14/h4-5H,2-3H2,1H3. The Morgan fingerprint density at radius 2 is 2.05 bits per heavy atom. The lowest BCUT2D eigenvalue weighted by molar-refractivity contribution is -0.144. The summed E-state index contributed by atoms with van der Waals surface area (Å²) < 4.78 is 38.4. The highest BCUT2D eigenvalue weighted by Crippen LogP contribution is 2.28. The van der Waals surface area contributed by atoms with Gasteiger partial charge in [0.2, 0.25) is 0 Å². The number of alkyl halides is 3. The molecule has 0 aliphatic heterocycles. The number of hydrogen-bond acceptors (Lipinski definition) is 4. The number of rotatable bonds is 0. The number of nitrogens with zero attached hydrogens (tertiary/aromatic N) is 4. The molecule has 1 aliphatic rings. The number of carbonyl (C=O) groups excluding carboxylic acids is 1. The van der Waals surface area contributed by atoms with E-state index in [9.17, 15) is 18.0 Å². The first kappa shape index (κ1) is 12.1. The highest BCUT2D eigenvalue weighted by molar-refractivity contribution is 5.98. The van der Waals surface area contributed by atoms with E-state index in [1.165, 1.54) is 6.20 Å². The Morgan fingerprint density at radius 3 is 2.74 bits per heavy atom. The fraction of sp³-hybridized carbons (Fsp3) is 0.455. The molecule has 8 heteroatoms. The van der Waals surface area contributed by atoms with Crippen LogP contribution in [0.1, 0.15) is 35.2 Å². The molecule has 0 radical (unpaired) electrons. The summed E-state index contributed by atoms with van der Waals surface area (Å²) in [6.45, 7) is 1.90. The van der Waals surface area contributed by atoms with Gasteiger partial charge in [-0.2, -0.15) is 18.2 Å². The number of halogens is 3. The van der Waals surface area contributed by atoms with Crippen LogP contribution in [0.25, 0.3) is 5.78 Å². The molecule has 0 bridgehead atoms. The van der Waals surface area contributed by atoms with Crippen molar-refractivity contribution in [1.82, 2.24) is 19.6 Å². The van der Waals surface area contributed by atoms with Gasteiger partial charge in [0.05, 0.1) is 11.3 Å². The Morgan fingerprint density at radius 1 is 1.32 bits per heavy atom. The van der Waals surface area contributed by atoms with Gasteiger partial charge in [-0.1, -0.05) is 6.92 Å². The first-order valence-corrected chi connectivity index (χ1v) is 5.71. The van der Waals surface area contributed by atoms with Gasteiger partial charge in [-0.05, 0) is 12.3 Å². The maximum absolute atomic E-state index is 12.5. The minimum Gasteiger partial charge on any atom is -0.294 e. The second kappa shape index (κ2) is 3.75. The fourth-order valence-corrected chi connectivity index (χ4v) is 2.19. The summed E-state index contributed by atoms with van der Waals surface area (Å²) in [6.07, 6.45) is -2.40. The van der Waals surface area contributed by atoms with Gasteiger partial charge in [0.1, 0.15) is 0 Å². The summed E-state index contributed by atoms with van der Waals surface area (Å²) in [5.41, 5.74) is 0.835. The van der Waals surface area contributed by atoms with E-state index in [0.717, 1.165) is 4.52 Å². The van der Waals surface area contributed by atoms with Crippen LogP contribution in [0.15, 0.2) is 6.20 Å². The molecule has 19 heavy (non-hydrogen) atoms. The van der Waals surface area contributed by atoms with Gasteiger partial charge in [-0.3, -0.25) is 4.79 Å². The van der Waals surface area contributed by atoms with E-state index in [1.54, 1.807) is 0 Å². The third-order valence-corrected chi connectivity index (χ3v) is 3.04. The molecule has 1 unspecified atom stereocenters. The van der Waals surface area contributed by atoms with Crippen molar-refractivity contribution in [2.45, 2.75) is 25.9 Å². The zero-order valence-corrected chi connectivity index (χ0v) is 9.90. The quantitative estimate of drug-likeness (QED) is 0.733. The van der Waals surface area contributed by atoms with E-state index in [2.05, 4.69) is 15.1 Å². The van der Waals surface area contributed by atoms with Crippen molar-refractivity contribution in [3.05, 3.63) is 23.3 Å². The summed E-state index contributed by atoms with van der Waals surface area (Å²) in [5.74, 6) is -1.36. The molecule has 0 spiro atoms. The predicted octanol–water partition coefficient (Wildman–Crippen LogP) is 1.91. The van der Waals surface area contributed by atoms with Crippen LogP contribution in [0, 0.1) is 5.92 Å². The zero-order valence-electron chi connectivity index (χ0n) is 9.90. The van der Waals surface area contributed by atoms with Crippen LogP contribution in [0.4, 0.5) is 13.2 Å². The van der Waals surface area contributed by atoms with Crippen LogP contribution in [0.3, 0.4) is 0 Å². The maximum Gasteiger partial charge on any atom is 0.453 e. The van der Waals surface area contributed by atoms with Gasteiger partial charge in [0.25, 0.3) is 11.6 Å². The average molecular weight is 270 g/mol. The molecular formula is C11H9F3N4O. The molecule has 2 aromatic rings. The highest BCUT2D eigenvalue weighted by Gasteiger charge is 2.37. The van der Waals surface area contributed by atoms with Crippen molar-refractivity contribution in [3.8, 4) is 0 Å². The number of fused-ring (bicyclic) bond motifs is 2. The van der Waals surface area contributed by atoms with E-state index in [0.29, 0.717) is 24.1 Å². The SMILES string of the molecule is CC1CC(=O)c2cn3nc(C(F)(F)F)nc3nc2C1. The average Bonchev–Trinajstić information content (AvgIpc) is 2.68. The van der Waals surface area contributed by atoms with E-state index in [1.807, 2.05) is 6.92 Å². The molecule has 100 valence electrons. The molecule has 0 N–H and O–H groups in total. The molecule has 0 saturated carbocycles. The minimum absolute atomic E-state index is 0.118. The molecule has 0 saturated heterocycles. The van der Waals surface area contributed by atoms with Gasteiger partial charge in [-0.15, -0.1) is 5.10 Å². The second-order valence-corrected chi connectivity index (χ2v) is 4.72. The monoisotopic (exact) mass is 270 g/mol. The normalized spacial score (nSPS) is 19.8. The molecule has 0 aromatic carbocycles. The molecule has 3 rings (SSSR count). The molecular weight excluding hydrogens is 261 g/mol. The van der Waals surface area contributed by atoms with Crippen molar-refractivity contribution in [2.24, 2.45) is 5.92 Å². The van der Waals surface area contributed by atoms with E-state index >= 15 is 0 Å². The first-order valence-electron chi connectivity index (χ1n) is 5.71. The lowest BCUT2D eigenvalue weighted by Gasteiger charge is -2.18. The molecule has 5 nitrogen and oxygen atoms in total. The molecule has 1 aliphatic carbocycles. The fourth-order valence-electron chi connectivity index (χ4n) is 2.19. The van der Waals surface area contributed by atoms with E-state index in [4.69, 9.17) is 0 Å². The van der Waals surface area contributed by atoms with Gasteiger partial charge in [0, 0.05) is 12.6 Å². The van der Waals surface area contributed by atoms with Crippen LogP contribution < -0.4 is 0 Å². The van der Waals surface area contributed by atoms with Gasteiger partial charge >= 0.3 is 6.18 Å². The minimum atomic E-state index is -4.62. The summed E-state index contributed by atoms with van der Waals surface area (Å²) >= 11 is 0. The summed E-state index contributed by atoms with van der Waals surface area (Å²) in [5, 5.41) is 3.31. The van der Waals surface area contributed by atoms with Crippen molar-refractivity contribution >= 4 is 11.6 Å². The van der Waals surface area contributed by atoms with Crippen LogP contribution in [0.5, 0.6) is 0 Å². The molecule has 2 heterocycles. The number of aromatic nitrogens is 4. The first-order chi connectivity index (χ1) is 8.84. The maximum atomic E-state index is 12.5. The number of ketones is 1. The van der Waals surface area contributed by atoms with Gasteiger partial charge in [-0.25, -0.2) is 9.50 Å². The number of Topliss-reactive ketones (excluding diaryl/α,β-unsaturated/α-hetero) is 1. The summed E-state index contributed by atoms with van der Waals surface area (Å²) in [4.78, 5) is 19.2. The topological polar surface area (TPSA) is 60.2 Å². The summed E-state index contributed by atoms with van der Waals surface area (Å²) in [6, 6.07) is 0. The van der Waals surface area contributed by atoms with E-state index < -0.39 is 12.0 Å². The molecule has 0 fully saturated rings. The van der Waals surface area contributed by atoms with Crippen molar-refractivity contribution in [2.75, 3.05) is 0 Å². The smallest absolute Gasteiger partial charge is 0.294 e. The molecule has 0 amide bonds. The van der Waals surface area contributed by atoms with Crippen molar-refractivity contribution in [1.29, 1.82) is 0 Å². The van der Waals surface area contributed by atoms with Crippen LogP contribution in [0.2, 0.25) is 0 Å². The Balaban J connectivity index is 2.18. The third kappa shape index (κ3) is 1.96. The summed E-state index contributed by atoms with van der Waals surface area (Å²) in [7, 11) is 0. The lowest BCUT2D eigenvalue weighted by atomic mass is 9.88. The molecule has 2 aromatic heterocycles. The van der Waals surface area contributed by atoms with E-state index in [-0.39, 0.29) is 17.5 Å². The lowest BCUT2D eigenvalue weighted by Crippen LogP contribution is -2.20. The highest BCUT2D eigenvalue weighted by atomic mass is 19.4. The molecule has 1 atom stereocenters. The van der Waals surface area contributed by atoms with Crippen LogP contribution in [-0.2, 0) is 12.6 Å². The zero-order chi connectivity index (χ0) is 13.8. The Labute approximate surface area is 105 Å². The van der Waals surface area contributed by atoms with Crippen LogP contribution in [-0.4, -0.2) is 25.4 Å². The van der Waals surface area contributed by atoms with Gasteiger partial charge in [0.15, 0.2) is 5.78 Å². The Kier molecular flexibility index (Phi) is 2.38. The Hall–Kier alpha value is -1.99. The Bertz CT molecular complexity index is 676. The third-order valence-electron chi connectivity index (χ3n) is 3.04. The predicted molar refractivity (Wildman–Crippen MR) is 57.6 cm³/mol. The van der Waals surface area contributed by atoms with Gasteiger partial charge < -0.3 is 0 Å². The van der Waals surface area contributed by atoms with Crippen molar-refractivity contribution < 1.29 is 18.0 Å².